The van der Waals surface area contributed by atoms with Gasteiger partial charge in [0, 0.05) is 18.2 Å². The van der Waals surface area contributed by atoms with Crippen LogP contribution in [-0.4, -0.2) is 24.5 Å². The zero-order valence-electron chi connectivity index (χ0n) is 12.0. The first-order valence-corrected chi connectivity index (χ1v) is 7.64. The van der Waals surface area contributed by atoms with E-state index in [9.17, 15) is 4.79 Å². The Hall–Kier alpha value is -1.07. The molecule has 0 aromatic heterocycles. The van der Waals surface area contributed by atoms with Gasteiger partial charge in [0.1, 0.15) is 5.75 Å². The number of halogens is 1. The molecule has 20 heavy (non-hydrogen) atoms. The van der Waals surface area contributed by atoms with Gasteiger partial charge in [0.2, 0.25) is 5.91 Å². The van der Waals surface area contributed by atoms with E-state index in [0.29, 0.717) is 23.5 Å². The van der Waals surface area contributed by atoms with Crippen LogP contribution in [0.15, 0.2) is 18.2 Å². The van der Waals surface area contributed by atoms with Crippen molar-refractivity contribution in [3.63, 3.8) is 0 Å². The fraction of sp³-hybridized carbons (Fsp3) is 0.500. The van der Waals surface area contributed by atoms with Gasteiger partial charge in [-0.2, -0.15) is 11.8 Å². The van der Waals surface area contributed by atoms with Crippen LogP contribution in [-0.2, 0) is 4.79 Å². The number of unbranched alkanes of at least 4 members (excludes halogenated alkanes) is 1. The topological polar surface area (TPSA) is 64.3 Å². The van der Waals surface area contributed by atoms with Gasteiger partial charge < -0.3 is 15.8 Å². The smallest absolute Gasteiger partial charge is 0.225 e. The van der Waals surface area contributed by atoms with Crippen molar-refractivity contribution in [2.24, 2.45) is 0 Å². The SMILES string of the molecule is CCCCSCCC(=O)Nc1cc(OC)ccc1N.Cl. The predicted octanol–water partition coefficient (Wildman–Crippen LogP) is 3.56. The van der Waals surface area contributed by atoms with E-state index in [4.69, 9.17) is 10.5 Å². The molecule has 1 aromatic rings. The van der Waals surface area contributed by atoms with Crippen molar-refractivity contribution in [1.82, 2.24) is 0 Å². The summed E-state index contributed by atoms with van der Waals surface area (Å²) < 4.78 is 5.11. The van der Waals surface area contributed by atoms with Crippen molar-refractivity contribution < 1.29 is 9.53 Å². The summed E-state index contributed by atoms with van der Waals surface area (Å²) in [6.07, 6.45) is 2.90. The Balaban J connectivity index is 0.00000361. The van der Waals surface area contributed by atoms with E-state index in [-0.39, 0.29) is 18.3 Å². The third-order valence-corrected chi connectivity index (χ3v) is 3.72. The summed E-state index contributed by atoms with van der Waals surface area (Å²) >= 11 is 1.81. The normalized spacial score (nSPS) is 9.70. The van der Waals surface area contributed by atoms with E-state index in [2.05, 4.69) is 12.2 Å². The number of rotatable bonds is 8. The Morgan fingerprint density at radius 3 is 2.80 bits per heavy atom. The molecule has 3 N–H and O–H groups in total. The second-order valence-electron chi connectivity index (χ2n) is 4.22. The van der Waals surface area contributed by atoms with Gasteiger partial charge in [-0.25, -0.2) is 0 Å². The van der Waals surface area contributed by atoms with Crippen molar-refractivity contribution in [2.75, 3.05) is 29.7 Å². The zero-order valence-corrected chi connectivity index (χ0v) is 13.6. The van der Waals surface area contributed by atoms with Gasteiger partial charge in [-0.15, -0.1) is 12.4 Å². The molecule has 0 saturated heterocycles. The molecule has 0 aliphatic heterocycles. The minimum absolute atomic E-state index is 0. The fourth-order valence-corrected chi connectivity index (χ4v) is 2.52. The maximum atomic E-state index is 11.8. The number of nitrogens with one attached hydrogen (secondary N) is 1. The number of hydrogen-bond acceptors (Lipinski definition) is 4. The van der Waals surface area contributed by atoms with Crippen molar-refractivity contribution in [3.8, 4) is 5.75 Å². The number of hydrogen-bond donors (Lipinski definition) is 2. The number of nitrogen functional groups attached to an aromatic ring is 1. The lowest BCUT2D eigenvalue weighted by atomic mass is 10.2. The summed E-state index contributed by atoms with van der Waals surface area (Å²) in [6, 6.07) is 5.23. The summed E-state index contributed by atoms with van der Waals surface area (Å²) in [5.41, 5.74) is 6.97. The highest BCUT2D eigenvalue weighted by molar-refractivity contribution is 7.99. The maximum Gasteiger partial charge on any atom is 0.225 e. The van der Waals surface area contributed by atoms with Crippen molar-refractivity contribution in [2.45, 2.75) is 26.2 Å². The Labute approximate surface area is 131 Å². The monoisotopic (exact) mass is 318 g/mol. The van der Waals surface area contributed by atoms with Crippen LogP contribution in [0.1, 0.15) is 26.2 Å². The summed E-state index contributed by atoms with van der Waals surface area (Å²) in [4.78, 5) is 11.8. The highest BCUT2D eigenvalue weighted by atomic mass is 35.5. The fourth-order valence-electron chi connectivity index (χ4n) is 1.50. The molecule has 0 fully saturated rings. The number of thioether (sulfide) groups is 1. The highest BCUT2D eigenvalue weighted by Gasteiger charge is 2.06. The van der Waals surface area contributed by atoms with Gasteiger partial charge in [-0.3, -0.25) is 4.79 Å². The van der Waals surface area contributed by atoms with E-state index in [0.717, 1.165) is 11.5 Å². The van der Waals surface area contributed by atoms with Crippen molar-refractivity contribution >= 4 is 41.5 Å². The van der Waals surface area contributed by atoms with E-state index in [1.165, 1.54) is 12.8 Å². The molecule has 0 bridgehead atoms. The van der Waals surface area contributed by atoms with Crippen LogP contribution in [0.25, 0.3) is 0 Å². The molecule has 0 spiro atoms. The number of amides is 1. The average Bonchev–Trinajstić information content (AvgIpc) is 2.41. The molecule has 0 heterocycles. The molecule has 0 saturated carbocycles. The largest absolute Gasteiger partial charge is 0.497 e. The molecule has 1 aromatic carbocycles. The molecule has 0 aliphatic carbocycles. The van der Waals surface area contributed by atoms with Crippen LogP contribution < -0.4 is 15.8 Å². The number of methoxy groups -OCH3 is 1. The first-order valence-electron chi connectivity index (χ1n) is 6.48. The molecule has 1 rings (SSSR count). The number of anilines is 2. The molecule has 6 heteroatoms. The molecule has 114 valence electrons. The zero-order chi connectivity index (χ0) is 14.1. The quantitative estimate of drug-likeness (QED) is 0.568. The van der Waals surface area contributed by atoms with E-state index < -0.39 is 0 Å². The molecule has 0 unspecified atom stereocenters. The lowest BCUT2D eigenvalue weighted by Gasteiger charge is -2.09. The van der Waals surface area contributed by atoms with Crippen LogP contribution in [0, 0.1) is 0 Å². The van der Waals surface area contributed by atoms with Gasteiger partial charge in [0.15, 0.2) is 0 Å². The molecule has 0 atom stereocenters. The first kappa shape index (κ1) is 18.9. The third kappa shape index (κ3) is 6.91. The van der Waals surface area contributed by atoms with Crippen LogP contribution in [0.5, 0.6) is 5.75 Å². The van der Waals surface area contributed by atoms with Crippen LogP contribution in [0.4, 0.5) is 11.4 Å². The third-order valence-electron chi connectivity index (χ3n) is 2.65. The Bertz CT molecular complexity index is 416. The molecular formula is C14H23ClN2O2S. The van der Waals surface area contributed by atoms with Crippen LogP contribution in [0.2, 0.25) is 0 Å². The summed E-state index contributed by atoms with van der Waals surface area (Å²) in [5, 5.41) is 2.82. The minimum atomic E-state index is -0.0102. The summed E-state index contributed by atoms with van der Waals surface area (Å²) in [7, 11) is 1.58. The lowest BCUT2D eigenvalue weighted by Crippen LogP contribution is -2.13. The number of ether oxygens (including phenoxy) is 1. The Morgan fingerprint density at radius 1 is 1.40 bits per heavy atom. The summed E-state index contributed by atoms with van der Waals surface area (Å²) in [6.45, 7) is 2.17. The first-order chi connectivity index (χ1) is 9.17. The van der Waals surface area contributed by atoms with Crippen molar-refractivity contribution in [1.29, 1.82) is 0 Å². The van der Waals surface area contributed by atoms with Crippen LogP contribution in [0.3, 0.4) is 0 Å². The van der Waals surface area contributed by atoms with E-state index in [1.54, 1.807) is 25.3 Å². The van der Waals surface area contributed by atoms with Gasteiger partial charge in [0.05, 0.1) is 18.5 Å². The second kappa shape index (κ2) is 10.7. The average molecular weight is 319 g/mol. The number of nitrogens with two attached hydrogens (primary N) is 1. The Morgan fingerprint density at radius 2 is 2.15 bits per heavy atom. The summed E-state index contributed by atoms with van der Waals surface area (Å²) in [5.74, 6) is 2.63. The van der Waals surface area contributed by atoms with Gasteiger partial charge in [-0.05, 0) is 24.3 Å². The van der Waals surface area contributed by atoms with Gasteiger partial charge in [-0.1, -0.05) is 13.3 Å². The maximum absolute atomic E-state index is 11.8. The van der Waals surface area contributed by atoms with Gasteiger partial charge >= 0.3 is 0 Å². The molecular weight excluding hydrogens is 296 g/mol. The standard InChI is InChI=1S/C14H22N2O2S.ClH/c1-3-4-8-19-9-7-14(17)16-13-10-11(18-2)5-6-12(13)15;/h5-6,10H,3-4,7-9,15H2,1-2H3,(H,16,17);1H. The van der Waals surface area contributed by atoms with Crippen LogP contribution >= 0.6 is 24.2 Å². The molecule has 0 radical (unpaired) electrons. The molecule has 1 amide bonds. The predicted molar refractivity (Wildman–Crippen MR) is 90.1 cm³/mol. The number of carbonyl (C=O) groups is 1. The minimum Gasteiger partial charge on any atom is -0.497 e. The second-order valence-corrected chi connectivity index (χ2v) is 5.44. The molecule has 4 nitrogen and oxygen atoms in total. The van der Waals surface area contributed by atoms with E-state index in [1.807, 2.05) is 11.8 Å². The number of benzene rings is 1. The highest BCUT2D eigenvalue weighted by Crippen LogP contribution is 2.24. The van der Waals surface area contributed by atoms with E-state index >= 15 is 0 Å². The molecule has 0 aliphatic rings. The number of carbonyl (C=O) groups excluding carboxylic acids is 1. The van der Waals surface area contributed by atoms with Gasteiger partial charge in [0.25, 0.3) is 0 Å². The lowest BCUT2D eigenvalue weighted by molar-refractivity contribution is -0.115. The van der Waals surface area contributed by atoms with Crippen molar-refractivity contribution in [3.05, 3.63) is 18.2 Å². The Kier molecular flexibility index (Phi) is 10.1.